The summed E-state index contributed by atoms with van der Waals surface area (Å²) in [5.41, 5.74) is 2.88. The van der Waals surface area contributed by atoms with Crippen molar-refractivity contribution in [1.29, 1.82) is 0 Å². The molecule has 0 aromatic heterocycles. The van der Waals surface area contributed by atoms with Crippen LogP contribution in [0.3, 0.4) is 0 Å². The number of carbonyl (C=O) groups excluding carboxylic acids is 1. The third-order valence-electron chi connectivity index (χ3n) is 4.56. The van der Waals surface area contributed by atoms with Crippen molar-refractivity contribution in [1.82, 2.24) is 0 Å². The Morgan fingerprint density at radius 3 is 2.23 bits per heavy atom. The van der Waals surface area contributed by atoms with E-state index in [-0.39, 0.29) is 17.4 Å². The number of amides is 1. The number of hydrogen-bond donors (Lipinski definition) is 2. The van der Waals surface area contributed by atoms with Gasteiger partial charge in [0, 0.05) is 16.4 Å². The second-order valence-corrected chi connectivity index (χ2v) is 9.05. The highest BCUT2D eigenvalue weighted by Crippen LogP contribution is 2.24. The van der Waals surface area contributed by atoms with Crippen LogP contribution in [-0.4, -0.2) is 20.9 Å². The molecule has 31 heavy (non-hydrogen) atoms. The molecule has 1 amide bonds. The first-order valence-electron chi connectivity index (χ1n) is 9.67. The van der Waals surface area contributed by atoms with Crippen LogP contribution in [0.5, 0.6) is 5.75 Å². The molecule has 0 unspecified atom stereocenters. The molecule has 0 bridgehead atoms. The van der Waals surface area contributed by atoms with E-state index < -0.39 is 10.0 Å². The Kier molecular flexibility index (Phi) is 7.20. The number of rotatable bonds is 8. The average molecular weight is 459 g/mol. The van der Waals surface area contributed by atoms with Gasteiger partial charge in [-0.15, -0.1) is 0 Å². The molecule has 3 aromatic carbocycles. The zero-order valence-corrected chi connectivity index (χ0v) is 18.8. The molecule has 0 aliphatic heterocycles. The largest absolute Gasteiger partial charge is 0.483 e. The molecule has 0 saturated carbocycles. The molecule has 0 atom stereocenters. The van der Waals surface area contributed by atoms with E-state index in [1.807, 2.05) is 24.3 Å². The van der Waals surface area contributed by atoms with E-state index in [1.54, 1.807) is 31.2 Å². The molecule has 3 rings (SSSR count). The van der Waals surface area contributed by atoms with Gasteiger partial charge in [-0.3, -0.25) is 9.52 Å². The Morgan fingerprint density at radius 1 is 0.968 bits per heavy atom. The minimum atomic E-state index is -3.77. The SMILES string of the molecule is CCc1ccc(NC(=O)COc2ccc(S(=O)(=O)Nc3ccc(Cl)cc3)cc2C)cc1. The fourth-order valence-electron chi connectivity index (χ4n) is 2.85. The van der Waals surface area contributed by atoms with Gasteiger partial charge < -0.3 is 10.1 Å². The number of benzene rings is 3. The maximum atomic E-state index is 12.6. The second kappa shape index (κ2) is 9.85. The topological polar surface area (TPSA) is 84.5 Å². The zero-order chi connectivity index (χ0) is 22.4. The van der Waals surface area contributed by atoms with E-state index >= 15 is 0 Å². The first kappa shape index (κ1) is 22.7. The summed E-state index contributed by atoms with van der Waals surface area (Å²) in [6, 6.07) is 18.4. The van der Waals surface area contributed by atoms with Gasteiger partial charge in [-0.1, -0.05) is 30.7 Å². The summed E-state index contributed by atoms with van der Waals surface area (Å²) in [6.45, 7) is 3.59. The van der Waals surface area contributed by atoms with Crippen LogP contribution in [0.25, 0.3) is 0 Å². The molecule has 6 nitrogen and oxygen atoms in total. The molecule has 0 aliphatic rings. The molecule has 3 aromatic rings. The maximum Gasteiger partial charge on any atom is 0.262 e. The minimum absolute atomic E-state index is 0.0905. The molecular weight excluding hydrogens is 436 g/mol. The molecule has 8 heteroatoms. The average Bonchev–Trinajstić information content (AvgIpc) is 2.75. The predicted molar refractivity (Wildman–Crippen MR) is 123 cm³/mol. The number of nitrogens with one attached hydrogen (secondary N) is 2. The first-order chi connectivity index (χ1) is 14.8. The van der Waals surface area contributed by atoms with Gasteiger partial charge in [0.15, 0.2) is 6.61 Å². The van der Waals surface area contributed by atoms with E-state index in [9.17, 15) is 13.2 Å². The van der Waals surface area contributed by atoms with E-state index in [1.165, 1.54) is 23.8 Å². The van der Waals surface area contributed by atoms with Gasteiger partial charge in [0.25, 0.3) is 15.9 Å². The van der Waals surface area contributed by atoms with Gasteiger partial charge in [0.05, 0.1) is 4.90 Å². The summed E-state index contributed by atoms with van der Waals surface area (Å²) in [5, 5.41) is 3.29. The second-order valence-electron chi connectivity index (χ2n) is 6.93. The first-order valence-corrected chi connectivity index (χ1v) is 11.5. The fraction of sp³-hybridized carbons (Fsp3) is 0.174. The summed E-state index contributed by atoms with van der Waals surface area (Å²) < 4.78 is 33.3. The van der Waals surface area contributed by atoms with Crippen LogP contribution in [0, 0.1) is 6.92 Å². The van der Waals surface area contributed by atoms with Crippen LogP contribution >= 0.6 is 11.6 Å². The van der Waals surface area contributed by atoms with Gasteiger partial charge in [-0.25, -0.2) is 8.42 Å². The van der Waals surface area contributed by atoms with Crippen LogP contribution in [0.2, 0.25) is 5.02 Å². The van der Waals surface area contributed by atoms with Gasteiger partial charge in [-0.05, 0) is 79.1 Å². The van der Waals surface area contributed by atoms with Crippen LogP contribution in [0.15, 0.2) is 71.6 Å². The molecule has 2 N–H and O–H groups in total. The molecule has 0 heterocycles. The summed E-state index contributed by atoms with van der Waals surface area (Å²) in [7, 11) is -3.77. The van der Waals surface area contributed by atoms with Crippen LogP contribution in [0.4, 0.5) is 11.4 Å². The van der Waals surface area contributed by atoms with Crippen LogP contribution in [0.1, 0.15) is 18.1 Å². The Balaban J connectivity index is 1.61. The number of aryl methyl sites for hydroxylation is 2. The molecule has 0 aliphatic carbocycles. The lowest BCUT2D eigenvalue weighted by molar-refractivity contribution is -0.118. The van der Waals surface area contributed by atoms with Crippen molar-refractivity contribution in [3.8, 4) is 5.75 Å². The molecule has 0 spiro atoms. The molecular formula is C23H23ClN2O4S. The highest BCUT2D eigenvalue weighted by Gasteiger charge is 2.16. The fourth-order valence-corrected chi connectivity index (χ4v) is 4.12. The van der Waals surface area contributed by atoms with Crippen molar-refractivity contribution in [2.45, 2.75) is 25.2 Å². The number of halogens is 1. The van der Waals surface area contributed by atoms with Crippen molar-refractivity contribution in [2.75, 3.05) is 16.6 Å². The number of carbonyl (C=O) groups is 1. The predicted octanol–water partition coefficient (Wildman–Crippen LogP) is 5.03. The van der Waals surface area contributed by atoms with Gasteiger partial charge in [0.2, 0.25) is 0 Å². The third-order valence-corrected chi connectivity index (χ3v) is 6.19. The van der Waals surface area contributed by atoms with E-state index in [4.69, 9.17) is 16.3 Å². The Bertz CT molecular complexity index is 1160. The van der Waals surface area contributed by atoms with Gasteiger partial charge in [-0.2, -0.15) is 0 Å². The lowest BCUT2D eigenvalue weighted by Crippen LogP contribution is -2.20. The molecule has 0 fully saturated rings. The van der Waals surface area contributed by atoms with Crippen molar-refractivity contribution in [3.63, 3.8) is 0 Å². The quantitative estimate of drug-likeness (QED) is 0.495. The third kappa shape index (κ3) is 6.23. The Morgan fingerprint density at radius 2 is 1.61 bits per heavy atom. The molecule has 0 saturated heterocycles. The van der Waals surface area contributed by atoms with Crippen molar-refractivity contribution < 1.29 is 17.9 Å². The normalized spacial score (nSPS) is 11.1. The highest BCUT2D eigenvalue weighted by atomic mass is 35.5. The van der Waals surface area contributed by atoms with Crippen molar-refractivity contribution in [2.24, 2.45) is 0 Å². The van der Waals surface area contributed by atoms with Gasteiger partial charge >= 0.3 is 0 Å². The summed E-state index contributed by atoms with van der Waals surface area (Å²) in [5.74, 6) is 0.131. The standard InChI is InChI=1S/C23H23ClN2O4S/c1-3-17-4-8-19(9-5-17)25-23(27)15-30-22-13-12-21(14-16(22)2)31(28,29)26-20-10-6-18(24)7-11-20/h4-14,26H,3,15H2,1-2H3,(H,25,27). The highest BCUT2D eigenvalue weighted by molar-refractivity contribution is 7.92. The summed E-state index contributed by atoms with van der Waals surface area (Å²) in [4.78, 5) is 12.2. The van der Waals surface area contributed by atoms with E-state index in [0.717, 1.165) is 6.42 Å². The number of hydrogen-bond acceptors (Lipinski definition) is 4. The van der Waals surface area contributed by atoms with Gasteiger partial charge in [0.1, 0.15) is 5.75 Å². The van der Waals surface area contributed by atoms with Crippen LogP contribution < -0.4 is 14.8 Å². The number of ether oxygens (including phenoxy) is 1. The monoisotopic (exact) mass is 458 g/mol. The van der Waals surface area contributed by atoms with Crippen LogP contribution in [-0.2, 0) is 21.2 Å². The van der Waals surface area contributed by atoms with E-state index in [2.05, 4.69) is 17.0 Å². The Labute approximate surface area is 187 Å². The van der Waals surface area contributed by atoms with E-state index in [0.29, 0.717) is 27.7 Å². The summed E-state index contributed by atoms with van der Waals surface area (Å²) in [6.07, 6.45) is 0.928. The number of sulfonamides is 1. The smallest absolute Gasteiger partial charge is 0.262 e. The number of anilines is 2. The summed E-state index contributed by atoms with van der Waals surface area (Å²) >= 11 is 5.83. The lowest BCUT2D eigenvalue weighted by Gasteiger charge is -2.12. The van der Waals surface area contributed by atoms with Crippen molar-refractivity contribution >= 4 is 38.9 Å². The lowest BCUT2D eigenvalue weighted by atomic mass is 10.1. The zero-order valence-electron chi connectivity index (χ0n) is 17.2. The Hall–Kier alpha value is -3.03. The maximum absolute atomic E-state index is 12.6. The minimum Gasteiger partial charge on any atom is -0.483 e. The van der Waals surface area contributed by atoms with Crippen molar-refractivity contribution in [3.05, 3.63) is 82.9 Å². The molecule has 0 radical (unpaired) electrons. The molecule has 162 valence electrons.